The highest BCUT2D eigenvalue weighted by molar-refractivity contribution is 7.89. The van der Waals surface area contributed by atoms with Gasteiger partial charge in [-0.15, -0.1) is 0 Å². The molecule has 0 saturated heterocycles. The lowest BCUT2D eigenvalue weighted by atomic mass is 10.2. The van der Waals surface area contributed by atoms with Crippen LogP contribution >= 0.6 is 0 Å². The lowest BCUT2D eigenvalue weighted by Crippen LogP contribution is -2.47. The molecule has 2 rings (SSSR count). The molecule has 0 unspecified atom stereocenters. The van der Waals surface area contributed by atoms with Crippen molar-refractivity contribution < 1.29 is 18.0 Å². The maximum absolute atomic E-state index is 12.7. The number of sulfonamides is 1. The zero-order valence-corrected chi connectivity index (χ0v) is 17.8. The first kappa shape index (κ1) is 22.4. The lowest BCUT2D eigenvalue weighted by molar-refractivity contribution is -0.121. The third-order valence-electron chi connectivity index (χ3n) is 4.17. The third kappa shape index (κ3) is 6.03. The van der Waals surface area contributed by atoms with Crippen LogP contribution in [0.25, 0.3) is 0 Å². The predicted molar refractivity (Wildman–Crippen MR) is 113 cm³/mol. The van der Waals surface area contributed by atoms with Crippen molar-refractivity contribution >= 4 is 33.2 Å². The quantitative estimate of drug-likeness (QED) is 0.640. The first-order chi connectivity index (χ1) is 13.6. The second-order valence-corrected chi connectivity index (χ2v) is 8.63. The highest BCUT2D eigenvalue weighted by Crippen LogP contribution is 2.18. The van der Waals surface area contributed by atoms with Crippen molar-refractivity contribution in [1.82, 2.24) is 9.73 Å². The summed E-state index contributed by atoms with van der Waals surface area (Å²) in [6.07, 6.45) is 0. The summed E-state index contributed by atoms with van der Waals surface area (Å²) in [5, 5.41) is 4.23. The molecule has 0 aliphatic carbocycles. The standard InChI is InChI=1S/C20H26N4O4S/c1-5-24(18-10-6-15(2)7-11-18)22-20(26)14-23(4)29(27,28)19-12-8-17(9-13-19)21-16(3)25/h6-13H,5,14H2,1-4H3,(H,21,25)(H,22,26). The summed E-state index contributed by atoms with van der Waals surface area (Å²) in [7, 11) is -2.50. The van der Waals surface area contributed by atoms with E-state index in [1.807, 2.05) is 38.1 Å². The predicted octanol–water partition coefficient (Wildman–Crippen LogP) is 2.13. The van der Waals surface area contributed by atoms with Gasteiger partial charge in [-0.1, -0.05) is 17.7 Å². The fraction of sp³-hybridized carbons (Fsp3) is 0.300. The van der Waals surface area contributed by atoms with Gasteiger partial charge in [-0.2, -0.15) is 4.31 Å². The number of aryl methyl sites for hydroxylation is 1. The second kappa shape index (κ2) is 9.53. The van der Waals surface area contributed by atoms with E-state index in [0.717, 1.165) is 15.6 Å². The molecule has 0 fully saturated rings. The van der Waals surface area contributed by atoms with Crippen LogP contribution in [0.4, 0.5) is 11.4 Å². The number of anilines is 2. The Morgan fingerprint density at radius 3 is 2.10 bits per heavy atom. The smallest absolute Gasteiger partial charge is 0.253 e. The highest BCUT2D eigenvalue weighted by Gasteiger charge is 2.23. The fourth-order valence-corrected chi connectivity index (χ4v) is 3.74. The number of nitrogens with zero attached hydrogens (tertiary/aromatic N) is 2. The van der Waals surface area contributed by atoms with Crippen molar-refractivity contribution in [1.29, 1.82) is 0 Å². The molecule has 0 aliphatic heterocycles. The lowest BCUT2D eigenvalue weighted by Gasteiger charge is -2.25. The van der Waals surface area contributed by atoms with Crippen molar-refractivity contribution in [3.05, 3.63) is 54.1 Å². The Kier molecular flexibility index (Phi) is 7.35. The molecule has 2 aromatic carbocycles. The zero-order valence-electron chi connectivity index (χ0n) is 17.0. The normalized spacial score (nSPS) is 11.2. The zero-order chi connectivity index (χ0) is 21.6. The van der Waals surface area contributed by atoms with Crippen LogP contribution in [0, 0.1) is 6.92 Å². The fourth-order valence-electron chi connectivity index (χ4n) is 2.62. The molecule has 2 aromatic rings. The van der Waals surface area contributed by atoms with Crippen molar-refractivity contribution in [3.63, 3.8) is 0 Å². The first-order valence-corrected chi connectivity index (χ1v) is 10.5. The number of nitrogens with one attached hydrogen (secondary N) is 2. The molecule has 29 heavy (non-hydrogen) atoms. The second-order valence-electron chi connectivity index (χ2n) is 6.58. The van der Waals surface area contributed by atoms with Gasteiger partial charge in [0.15, 0.2) is 0 Å². The molecule has 0 radical (unpaired) electrons. The summed E-state index contributed by atoms with van der Waals surface area (Å²) >= 11 is 0. The van der Waals surface area contributed by atoms with Gasteiger partial charge in [0.1, 0.15) is 0 Å². The number of likely N-dealkylation sites (N-methyl/N-ethyl adjacent to an activating group) is 1. The summed E-state index contributed by atoms with van der Waals surface area (Å²) in [5.74, 6) is -0.697. The van der Waals surface area contributed by atoms with E-state index in [2.05, 4.69) is 10.7 Å². The molecule has 2 N–H and O–H groups in total. The van der Waals surface area contributed by atoms with Crippen LogP contribution in [0.15, 0.2) is 53.4 Å². The molecular weight excluding hydrogens is 392 g/mol. The van der Waals surface area contributed by atoms with Crippen LogP contribution in [0.2, 0.25) is 0 Å². The Morgan fingerprint density at radius 2 is 1.59 bits per heavy atom. The SMILES string of the molecule is CCN(NC(=O)CN(C)S(=O)(=O)c1ccc(NC(C)=O)cc1)c1ccc(C)cc1. The molecule has 2 amide bonds. The van der Waals surface area contributed by atoms with Crippen LogP contribution in [0.1, 0.15) is 19.4 Å². The Hall–Kier alpha value is -2.91. The number of amides is 2. The molecule has 0 bridgehead atoms. The van der Waals surface area contributed by atoms with Gasteiger partial charge in [-0.3, -0.25) is 20.0 Å². The Balaban J connectivity index is 2.05. The van der Waals surface area contributed by atoms with Gasteiger partial charge in [-0.25, -0.2) is 8.42 Å². The van der Waals surface area contributed by atoms with Crippen molar-refractivity contribution in [2.45, 2.75) is 25.7 Å². The van der Waals surface area contributed by atoms with Gasteiger partial charge in [-0.05, 0) is 50.2 Å². The molecule has 9 heteroatoms. The number of rotatable bonds is 8. The molecule has 0 atom stereocenters. The summed E-state index contributed by atoms with van der Waals surface area (Å²) < 4.78 is 26.4. The summed E-state index contributed by atoms with van der Waals surface area (Å²) in [4.78, 5) is 23.5. The van der Waals surface area contributed by atoms with Crippen molar-refractivity contribution in [2.75, 3.05) is 30.5 Å². The number of carbonyl (C=O) groups is 2. The van der Waals surface area contributed by atoms with Gasteiger partial charge in [0, 0.05) is 26.2 Å². The van der Waals surface area contributed by atoms with Gasteiger partial charge in [0.2, 0.25) is 15.9 Å². The molecule has 0 heterocycles. The highest BCUT2D eigenvalue weighted by atomic mass is 32.2. The molecular formula is C20H26N4O4S. The van der Waals surface area contributed by atoms with Crippen LogP contribution in [-0.4, -0.2) is 44.7 Å². The van der Waals surface area contributed by atoms with E-state index < -0.39 is 15.9 Å². The molecule has 0 aromatic heterocycles. The van der Waals surface area contributed by atoms with E-state index >= 15 is 0 Å². The average Bonchev–Trinajstić information content (AvgIpc) is 2.66. The summed E-state index contributed by atoms with van der Waals surface area (Å²) in [6, 6.07) is 13.4. The minimum Gasteiger partial charge on any atom is -0.326 e. The third-order valence-corrected chi connectivity index (χ3v) is 5.99. The van der Waals surface area contributed by atoms with E-state index in [0.29, 0.717) is 12.2 Å². The molecule has 0 saturated carbocycles. The minimum absolute atomic E-state index is 0.0350. The van der Waals surface area contributed by atoms with Gasteiger partial charge in [0.25, 0.3) is 5.91 Å². The van der Waals surface area contributed by atoms with E-state index in [4.69, 9.17) is 0 Å². The first-order valence-electron chi connectivity index (χ1n) is 9.11. The van der Waals surface area contributed by atoms with E-state index in [1.165, 1.54) is 38.2 Å². The number of hydrogen-bond donors (Lipinski definition) is 2. The number of benzene rings is 2. The largest absolute Gasteiger partial charge is 0.326 e. The van der Waals surface area contributed by atoms with E-state index in [9.17, 15) is 18.0 Å². The summed E-state index contributed by atoms with van der Waals surface area (Å²) in [5.41, 5.74) is 5.14. The molecule has 0 spiro atoms. The Labute approximate surface area is 171 Å². The van der Waals surface area contributed by atoms with Gasteiger partial charge < -0.3 is 5.32 Å². The van der Waals surface area contributed by atoms with Crippen LogP contribution in [0.5, 0.6) is 0 Å². The van der Waals surface area contributed by atoms with Crippen LogP contribution in [-0.2, 0) is 19.6 Å². The minimum atomic E-state index is -3.85. The molecule has 8 nitrogen and oxygen atoms in total. The van der Waals surface area contributed by atoms with E-state index in [-0.39, 0.29) is 17.3 Å². The monoisotopic (exact) mass is 418 g/mol. The van der Waals surface area contributed by atoms with Gasteiger partial charge in [0.05, 0.1) is 17.1 Å². The Morgan fingerprint density at radius 1 is 1.00 bits per heavy atom. The van der Waals surface area contributed by atoms with Gasteiger partial charge >= 0.3 is 0 Å². The maximum atomic E-state index is 12.7. The van der Waals surface area contributed by atoms with Crippen LogP contribution in [0.3, 0.4) is 0 Å². The van der Waals surface area contributed by atoms with Crippen LogP contribution < -0.4 is 15.8 Å². The number of hydrogen-bond acceptors (Lipinski definition) is 5. The Bertz CT molecular complexity index is 957. The average molecular weight is 419 g/mol. The maximum Gasteiger partial charge on any atom is 0.253 e. The summed E-state index contributed by atoms with van der Waals surface area (Å²) in [6.45, 7) is 5.42. The van der Waals surface area contributed by atoms with Crippen molar-refractivity contribution in [2.24, 2.45) is 0 Å². The number of carbonyl (C=O) groups excluding carboxylic acids is 2. The van der Waals surface area contributed by atoms with Crippen molar-refractivity contribution in [3.8, 4) is 0 Å². The topological polar surface area (TPSA) is 98.8 Å². The number of hydrazine groups is 1. The van der Waals surface area contributed by atoms with E-state index in [1.54, 1.807) is 5.01 Å². The molecule has 156 valence electrons. The molecule has 0 aliphatic rings.